The lowest BCUT2D eigenvalue weighted by Crippen LogP contribution is -2.04. The molecule has 5 nitrogen and oxygen atoms in total. The lowest BCUT2D eigenvalue weighted by Gasteiger charge is -2.16. The van der Waals surface area contributed by atoms with Crippen molar-refractivity contribution in [1.82, 2.24) is 0 Å². The van der Waals surface area contributed by atoms with Gasteiger partial charge in [-0.05, 0) is 71.2 Å². The Morgan fingerprint density at radius 2 is 1.81 bits per heavy atom. The highest BCUT2D eigenvalue weighted by Gasteiger charge is 2.13. The van der Waals surface area contributed by atoms with Gasteiger partial charge in [0, 0.05) is 12.2 Å². The lowest BCUT2D eigenvalue weighted by molar-refractivity contribution is 0.0697. The van der Waals surface area contributed by atoms with Crippen molar-refractivity contribution in [3.8, 4) is 11.5 Å². The predicted molar refractivity (Wildman–Crippen MR) is 127 cm³/mol. The molecule has 2 N–H and O–H groups in total. The smallest absolute Gasteiger partial charge is 0.337 e. The van der Waals surface area contributed by atoms with Crippen molar-refractivity contribution in [1.29, 1.82) is 0 Å². The van der Waals surface area contributed by atoms with E-state index in [1.54, 1.807) is 12.1 Å². The Labute approximate surface area is 195 Å². The van der Waals surface area contributed by atoms with E-state index in [1.807, 2.05) is 31.2 Å². The first-order valence-electron chi connectivity index (χ1n) is 9.77. The Morgan fingerprint density at radius 3 is 2.45 bits per heavy atom. The fourth-order valence-corrected chi connectivity index (χ4v) is 3.83. The van der Waals surface area contributed by atoms with Gasteiger partial charge in [-0.15, -0.1) is 0 Å². The Balaban J connectivity index is 1.73. The second-order valence-corrected chi connectivity index (χ2v) is 8.23. The average Bonchev–Trinajstić information content (AvgIpc) is 2.73. The molecule has 0 saturated carbocycles. The van der Waals surface area contributed by atoms with Crippen molar-refractivity contribution in [2.45, 2.75) is 27.0 Å². The van der Waals surface area contributed by atoms with E-state index in [0.717, 1.165) is 21.3 Å². The van der Waals surface area contributed by atoms with Crippen molar-refractivity contribution >= 4 is 39.2 Å². The van der Waals surface area contributed by atoms with Gasteiger partial charge < -0.3 is 19.9 Å². The minimum absolute atomic E-state index is 0.0728. The van der Waals surface area contributed by atoms with Crippen LogP contribution in [0.1, 0.15) is 34.0 Å². The minimum Gasteiger partial charge on any atom is -0.490 e. The quantitative estimate of drug-likeness (QED) is 0.339. The molecule has 3 aromatic rings. The van der Waals surface area contributed by atoms with E-state index in [2.05, 4.69) is 40.3 Å². The summed E-state index contributed by atoms with van der Waals surface area (Å²) in [6.45, 7) is 5.42. The molecule has 0 amide bonds. The van der Waals surface area contributed by atoms with Crippen LogP contribution in [0.25, 0.3) is 0 Å². The second kappa shape index (κ2) is 10.6. The number of aromatic carboxylic acids is 1. The standard InChI is InChI=1S/C24H23BrClNO4/c1-3-30-22-11-17(13-27-18-8-9-19(24(28)29)21(26)12-18)10-20(25)23(22)31-14-16-6-4-15(2)5-7-16/h4-12,27H,3,13-14H2,1-2H3,(H,28,29). The number of aryl methyl sites for hydroxylation is 1. The van der Waals surface area contributed by atoms with Crippen LogP contribution in [0.5, 0.6) is 11.5 Å². The maximum Gasteiger partial charge on any atom is 0.337 e. The van der Waals surface area contributed by atoms with Gasteiger partial charge in [0.1, 0.15) is 6.61 Å². The zero-order chi connectivity index (χ0) is 22.4. The van der Waals surface area contributed by atoms with E-state index in [0.29, 0.717) is 31.3 Å². The molecular formula is C24H23BrClNO4. The maximum absolute atomic E-state index is 11.1. The van der Waals surface area contributed by atoms with Crippen molar-refractivity contribution < 1.29 is 19.4 Å². The summed E-state index contributed by atoms with van der Waals surface area (Å²) in [4.78, 5) is 11.1. The molecule has 162 valence electrons. The first kappa shape index (κ1) is 23.0. The molecule has 0 aliphatic rings. The second-order valence-electron chi connectivity index (χ2n) is 6.97. The van der Waals surface area contributed by atoms with E-state index in [-0.39, 0.29) is 10.6 Å². The van der Waals surface area contributed by atoms with Gasteiger partial charge in [0.2, 0.25) is 0 Å². The van der Waals surface area contributed by atoms with Crippen molar-refractivity contribution in [3.05, 3.63) is 86.3 Å². The molecule has 3 rings (SSSR count). The van der Waals surface area contributed by atoms with E-state index >= 15 is 0 Å². The summed E-state index contributed by atoms with van der Waals surface area (Å²) < 4.78 is 12.7. The van der Waals surface area contributed by atoms with Crippen LogP contribution in [0, 0.1) is 6.92 Å². The van der Waals surface area contributed by atoms with Gasteiger partial charge in [0.25, 0.3) is 0 Å². The van der Waals surface area contributed by atoms with Gasteiger partial charge in [0.15, 0.2) is 11.5 Å². The van der Waals surface area contributed by atoms with Gasteiger partial charge >= 0.3 is 5.97 Å². The molecule has 31 heavy (non-hydrogen) atoms. The van der Waals surface area contributed by atoms with Crippen molar-refractivity contribution in [3.63, 3.8) is 0 Å². The molecule has 0 heterocycles. The number of carboxylic acids is 1. The number of ether oxygens (including phenoxy) is 2. The van der Waals surface area contributed by atoms with Gasteiger partial charge in [-0.2, -0.15) is 0 Å². The topological polar surface area (TPSA) is 67.8 Å². The SMILES string of the molecule is CCOc1cc(CNc2ccc(C(=O)O)c(Cl)c2)cc(Br)c1OCc1ccc(C)cc1. The number of hydrogen-bond acceptors (Lipinski definition) is 4. The predicted octanol–water partition coefficient (Wildman–Crippen LogP) is 6.70. The first-order chi connectivity index (χ1) is 14.9. The minimum atomic E-state index is -1.05. The number of nitrogens with one attached hydrogen (secondary N) is 1. The number of carboxylic acid groups (broad SMARTS) is 1. The summed E-state index contributed by atoms with van der Waals surface area (Å²) in [5, 5.41) is 12.5. The number of anilines is 1. The summed E-state index contributed by atoms with van der Waals surface area (Å²) in [5.74, 6) is 0.253. The van der Waals surface area contributed by atoms with Crippen LogP contribution in [-0.2, 0) is 13.2 Å². The molecule has 7 heteroatoms. The summed E-state index contributed by atoms with van der Waals surface area (Å²) in [6.07, 6.45) is 0. The molecule has 0 radical (unpaired) electrons. The largest absolute Gasteiger partial charge is 0.490 e. The number of carbonyl (C=O) groups is 1. The molecule has 0 fully saturated rings. The van der Waals surface area contributed by atoms with Crippen LogP contribution >= 0.6 is 27.5 Å². The highest BCUT2D eigenvalue weighted by Crippen LogP contribution is 2.37. The summed E-state index contributed by atoms with van der Waals surface area (Å²) in [7, 11) is 0. The van der Waals surface area contributed by atoms with E-state index in [4.69, 9.17) is 26.2 Å². The summed E-state index contributed by atoms with van der Waals surface area (Å²) in [5.41, 5.74) is 4.05. The van der Waals surface area contributed by atoms with Crippen LogP contribution in [0.3, 0.4) is 0 Å². The normalized spacial score (nSPS) is 10.6. The molecule has 0 atom stereocenters. The van der Waals surface area contributed by atoms with Gasteiger partial charge in [-0.3, -0.25) is 0 Å². The van der Waals surface area contributed by atoms with Crippen molar-refractivity contribution in [2.75, 3.05) is 11.9 Å². The van der Waals surface area contributed by atoms with Gasteiger partial charge in [-0.25, -0.2) is 4.79 Å². The maximum atomic E-state index is 11.1. The summed E-state index contributed by atoms with van der Waals surface area (Å²) in [6, 6.07) is 16.9. The molecule has 0 aliphatic carbocycles. The van der Waals surface area contributed by atoms with E-state index in [9.17, 15) is 4.79 Å². The molecule has 0 saturated heterocycles. The third-order valence-corrected chi connectivity index (χ3v) is 5.47. The van der Waals surface area contributed by atoms with E-state index in [1.165, 1.54) is 11.6 Å². The molecule has 0 unspecified atom stereocenters. The van der Waals surface area contributed by atoms with Crippen LogP contribution in [0.15, 0.2) is 59.1 Å². The third kappa shape index (κ3) is 6.15. The molecule has 0 spiro atoms. The first-order valence-corrected chi connectivity index (χ1v) is 10.9. The van der Waals surface area contributed by atoms with E-state index < -0.39 is 5.97 Å². The highest BCUT2D eigenvalue weighted by atomic mass is 79.9. The molecule has 0 aromatic heterocycles. The van der Waals surface area contributed by atoms with Crippen molar-refractivity contribution in [2.24, 2.45) is 0 Å². The monoisotopic (exact) mass is 503 g/mol. The number of benzene rings is 3. The van der Waals surface area contributed by atoms with Crippen LogP contribution in [0.2, 0.25) is 5.02 Å². The van der Waals surface area contributed by atoms with Crippen LogP contribution < -0.4 is 14.8 Å². The fourth-order valence-electron chi connectivity index (χ4n) is 2.97. The zero-order valence-corrected chi connectivity index (χ0v) is 19.6. The molecular weight excluding hydrogens is 482 g/mol. The zero-order valence-electron chi connectivity index (χ0n) is 17.2. The highest BCUT2D eigenvalue weighted by molar-refractivity contribution is 9.10. The third-order valence-electron chi connectivity index (χ3n) is 4.57. The Kier molecular flexibility index (Phi) is 7.82. The Hall–Kier alpha value is -2.70. The number of halogens is 2. The molecule has 3 aromatic carbocycles. The Morgan fingerprint density at radius 1 is 1.06 bits per heavy atom. The summed E-state index contributed by atoms with van der Waals surface area (Å²) >= 11 is 9.64. The molecule has 0 bridgehead atoms. The number of hydrogen-bond donors (Lipinski definition) is 2. The number of rotatable bonds is 9. The van der Waals surface area contributed by atoms with Gasteiger partial charge in [-0.1, -0.05) is 41.4 Å². The Bertz CT molecular complexity index is 1070. The van der Waals surface area contributed by atoms with Crippen LogP contribution in [-0.4, -0.2) is 17.7 Å². The lowest BCUT2D eigenvalue weighted by atomic mass is 10.1. The van der Waals surface area contributed by atoms with Crippen LogP contribution in [0.4, 0.5) is 5.69 Å². The average molecular weight is 505 g/mol. The van der Waals surface area contributed by atoms with Gasteiger partial charge in [0.05, 0.1) is 21.7 Å². The fraction of sp³-hybridized carbons (Fsp3) is 0.208. The molecule has 0 aliphatic heterocycles.